The first-order valence-electron chi connectivity index (χ1n) is 7.35. The van der Waals surface area contributed by atoms with Gasteiger partial charge in [0.1, 0.15) is 0 Å². The highest BCUT2D eigenvalue weighted by atomic mass is 32.2. The lowest BCUT2D eigenvalue weighted by atomic mass is 10.1. The number of benzene rings is 2. The molecule has 0 unspecified atom stereocenters. The predicted molar refractivity (Wildman–Crippen MR) is 98.3 cm³/mol. The van der Waals surface area contributed by atoms with E-state index >= 15 is 0 Å². The minimum absolute atomic E-state index is 0.00335. The number of nitrogens with one attached hydrogen (secondary N) is 1. The summed E-state index contributed by atoms with van der Waals surface area (Å²) in [6.07, 6.45) is 0. The second-order valence-corrected chi connectivity index (χ2v) is 7.78. The summed E-state index contributed by atoms with van der Waals surface area (Å²) in [6.45, 7) is 0. The SMILES string of the molecule is COC(=O)c1cccc(S(=O)(=O)Nc2ccccc2-c2cccs2)c1. The molecule has 1 aromatic heterocycles. The van der Waals surface area contributed by atoms with Gasteiger partial charge >= 0.3 is 5.97 Å². The molecule has 0 amide bonds. The summed E-state index contributed by atoms with van der Waals surface area (Å²) in [4.78, 5) is 12.6. The minimum Gasteiger partial charge on any atom is -0.465 e. The number of rotatable bonds is 5. The van der Waals surface area contributed by atoms with Crippen molar-refractivity contribution in [3.8, 4) is 10.4 Å². The summed E-state index contributed by atoms with van der Waals surface area (Å²) < 4.78 is 32.7. The Morgan fingerprint density at radius 1 is 1.04 bits per heavy atom. The van der Waals surface area contributed by atoms with Gasteiger partial charge in [0.25, 0.3) is 10.0 Å². The molecule has 0 fully saturated rings. The Morgan fingerprint density at radius 3 is 2.56 bits per heavy atom. The summed E-state index contributed by atoms with van der Waals surface area (Å²) >= 11 is 1.53. The van der Waals surface area contributed by atoms with E-state index in [1.54, 1.807) is 12.1 Å². The van der Waals surface area contributed by atoms with Gasteiger partial charge in [-0.3, -0.25) is 4.72 Å². The lowest BCUT2D eigenvalue weighted by Gasteiger charge is -2.12. The highest BCUT2D eigenvalue weighted by molar-refractivity contribution is 7.92. The quantitative estimate of drug-likeness (QED) is 0.686. The molecule has 0 aliphatic heterocycles. The minimum atomic E-state index is -3.84. The zero-order valence-corrected chi connectivity index (χ0v) is 14.9. The number of para-hydroxylation sites is 1. The van der Waals surface area contributed by atoms with Crippen molar-refractivity contribution in [2.75, 3.05) is 11.8 Å². The standard InChI is InChI=1S/C18H15NO4S2/c1-23-18(20)13-6-4-7-14(12-13)25(21,22)19-16-9-3-2-8-15(16)17-10-5-11-24-17/h2-12,19H,1H3. The highest BCUT2D eigenvalue weighted by Gasteiger charge is 2.18. The van der Waals surface area contributed by atoms with Gasteiger partial charge in [-0.05, 0) is 35.7 Å². The van der Waals surface area contributed by atoms with Crippen molar-refractivity contribution in [3.05, 3.63) is 71.6 Å². The van der Waals surface area contributed by atoms with Crippen molar-refractivity contribution in [2.24, 2.45) is 0 Å². The molecule has 1 N–H and O–H groups in total. The molecule has 1 heterocycles. The van der Waals surface area contributed by atoms with Crippen molar-refractivity contribution in [2.45, 2.75) is 4.90 Å². The number of methoxy groups -OCH3 is 1. The fourth-order valence-electron chi connectivity index (χ4n) is 2.33. The van der Waals surface area contributed by atoms with E-state index in [0.717, 1.165) is 10.4 Å². The summed E-state index contributed by atoms with van der Waals surface area (Å²) in [5, 5.41) is 1.93. The molecule has 0 saturated heterocycles. The average Bonchev–Trinajstić information content (AvgIpc) is 3.16. The van der Waals surface area contributed by atoms with Gasteiger partial charge in [-0.15, -0.1) is 11.3 Å². The number of carbonyl (C=O) groups excluding carboxylic acids is 1. The molecule has 3 rings (SSSR count). The maximum atomic E-state index is 12.7. The molecule has 7 heteroatoms. The van der Waals surface area contributed by atoms with Crippen LogP contribution in [0.4, 0.5) is 5.69 Å². The highest BCUT2D eigenvalue weighted by Crippen LogP contribution is 2.32. The Hall–Kier alpha value is -2.64. The van der Waals surface area contributed by atoms with Gasteiger partial charge in [0, 0.05) is 10.4 Å². The Bertz CT molecular complexity index is 995. The lowest BCUT2D eigenvalue weighted by Crippen LogP contribution is -2.14. The monoisotopic (exact) mass is 373 g/mol. The van der Waals surface area contributed by atoms with E-state index < -0.39 is 16.0 Å². The Balaban J connectivity index is 1.97. The van der Waals surface area contributed by atoms with Gasteiger partial charge in [-0.2, -0.15) is 0 Å². The van der Waals surface area contributed by atoms with Gasteiger partial charge < -0.3 is 4.74 Å². The van der Waals surface area contributed by atoms with E-state index in [-0.39, 0.29) is 10.5 Å². The number of sulfonamides is 1. The van der Waals surface area contributed by atoms with Gasteiger partial charge in [0.05, 0.1) is 23.3 Å². The average molecular weight is 373 g/mol. The van der Waals surface area contributed by atoms with Crippen molar-refractivity contribution in [3.63, 3.8) is 0 Å². The Morgan fingerprint density at radius 2 is 1.84 bits per heavy atom. The topological polar surface area (TPSA) is 72.5 Å². The number of hydrogen-bond donors (Lipinski definition) is 1. The van der Waals surface area contributed by atoms with Crippen LogP contribution in [0.5, 0.6) is 0 Å². The van der Waals surface area contributed by atoms with E-state index in [2.05, 4.69) is 9.46 Å². The number of ether oxygens (including phenoxy) is 1. The van der Waals surface area contributed by atoms with Crippen LogP contribution >= 0.6 is 11.3 Å². The van der Waals surface area contributed by atoms with Crippen LogP contribution < -0.4 is 4.72 Å². The molecule has 0 aliphatic rings. The van der Waals surface area contributed by atoms with Crippen LogP contribution in [0.2, 0.25) is 0 Å². The van der Waals surface area contributed by atoms with Crippen LogP contribution in [0, 0.1) is 0 Å². The third kappa shape index (κ3) is 3.72. The molecular formula is C18H15NO4S2. The first kappa shape index (κ1) is 17.2. The van der Waals surface area contributed by atoms with Gasteiger partial charge in [0.15, 0.2) is 0 Å². The normalized spacial score (nSPS) is 11.1. The number of esters is 1. The maximum Gasteiger partial charge on any atom is 0.337 e. The van der Waals surface area contributed by atoms with Crippen LogP contribution in [0.3, 0.4) is 0 Å². The number of anilines is 1. The third-order valence-electron chi connectivity index (χ3n) is 3.52. The number of carbonyl (C=O) groups is 1. The number of thiophene rings is 1. The van der Waals surface area contributed by atoms with Crippen LogP contribution in [0.15, 0.2) is 70.9 Å². The molecule has 3 aromatic rings. The Labute approximate surface area is 150 Å². The number of hydrogen-bond acceptors (Lipinski definition) is 5. The molecule has 0 saturated carbocycles. The third-order valence-corrected chi connectivity index (χ3v) is 5.79. The van der Waals surface area contributed by atoms with Crippen molar-refractivity contribution in [1.29, 1.82) is 0 Å². The van der Waals surface area contributed by atoms with Gasteiger partial charge in [0.2, 0.25) is 0 Å². The largest absolute Gasteiger partial charge is 0.465 e. The second kappa shape index (κ2) is 7.08. The smallest absolute Gasteiger partial charge is 0.337 e. The summed E-state index contributed by atoms with van der Waals surface area (Å²) in [6, 6.07) is 16.7. The molecule has 25 heavy (non-hydrogen) atoms. The van der Waals surface area contributed by atoms with Crippen molar-refractivity contribution >= 4 is 33.0 Å². The van der Waals surface area contributed by atoms with Gasteiger partial charge in [-0.25, -0.2) is 13.2 Å². The predicted octanol–water partition coefficient (Wildman–Crippen LogP) is 4.00. The first-order valence-corrected chi connectivity index (χ1v) is 9.71. The zero-order chi connectivity index (χ0) is 17.9. The maximum absolute atomic E-state index is 12.7. The van der Waals surface area contributed by atoms with E-state index in [1.807, 2.05) is 29.6 Å². The molecule has 0 spiro atoms. The second-order valence-electron chi connectivity index (χ2n) is 5.15. The summed E-state index contributed by atoms with van der Waals surface area (Å²) in [5.74, 6) is -0.587. The molecular weight excluding hydrogens is 358 g/mol. The molecule has 0 bridgehead atoms. The van der Waals surface area contributed by atoms with E-state index in [1.165, 1.54) is 42.7 Å². The van der Waals surface area contributed by atoms with Crippen LogP contribution in [-0.2, 0) is 14.8 Å². The fraction of sp³-hybridized carbons (Fsp3) is 0.0556. The first-order chi connectivity index (χ1) is 12.0. The molecule has 0 radical (unpaired) electrons. The summed E-state index contributed by atoms with van der Waals surface area (Å²) in [5.41, 5.74) is 1.45. The molecule has 128 valence electrons. The summed E-state index contributed by atoms with van der Waals surface area (Å²) in [7, 11) is -2.60. The molecule has 0 aliphatic carbocycles. The zero-order valence-electron chi connectivity index (χ0n) is 13.3. The molecule has 5 nitrogen and oxygen atoms in total. The van der Waals surface area contributed by atoms with E-state index in [0.29, 0.717) is 5.69 Å². The van der Waals surface area contributed by atoms with Crippen LogP contribution in [0.25, 0.3) is 10.4 Å². The van der Waals surface area contributed by atoms with E-state index in [4.69, 9.17) is 0 Å². The van der Waals surface area contributed by atoms with Crippen molar-refractivity contribution in [1.82, 2.24) is 0 Å². The fourth-order valence-corrected chi connectivity index (χ4v) is 4.22. The van der Waals surface area contributed by atoms with Gasteiger partial charge in [-0.1, -0.05) is 30.3 Å². The van der Waals surface area contributed by atoms with Crippen molar-refractivity contribution < 1.29 is 17.9 Å². The molecule has 0 atom stereocenters. The molecule has 2 aromatic carbocycles. The lowest BCUT2D eigenvalue weighted by molar-refractivity contribution is 0.0600. The van der Waals surface area contributed by atoms with E-state index in [9.17, 15) is 13.2 Å². The van der Waals surface area contributed by atoms with Crippen LogP contribution in [-0.4, -0.2) is 21.5 Å². The van der Waals surface area contributed by atoms with Crippen LogP contribution in [0.1, 0.15) is 10.4 Å². The Kier molecular flexibility index (Phi) is 4.87.